The average Bonchev–Trinajstić information content (AvgIpc) is 2.37. The van der Waals surface area contributed by atoms with E-state index in [9.17, 15) is 9.90 Å². The van der Waals surface area contributed by atoms with Gasteiger partial charge in [-0.3, -0.25) is 0 Å². The number of esters is 1. The fourth-order valence-corrected chi connectivity index (χ4v) is 1.42. The fraction of sp³-hybridized carbons (Fsp3) is 0.462. The summed E-state index contributed by atoms with van der Waals surface area (Å²) in [5.74, 6) is 0.164. The molecule has 0 bridgehead atoms. The Labute approximate surface area is 101 Å². The molecule has 4 nitrogen and oxygen atoms in total. The summed E-state index contributed by atoms with van der Waals surface area (Å²) < 4.78 is 9.94. The monoisotopic (exact) mass is 238 g/mol. The molecule has 0 aliphatic carbocycles. The summed E-state index contributed by atoms with van der Waals surface area (Å²) in [6.45, 7) is 3.54. The zero-order valence-corrected chi connectivity index (χ0v) is 10.3. The van der Waals surface area contributed by atoms with E-state index in [1.165, 1.54) is 7.11 Å². The molecule has 1 unspecified atom stereocenters. The fourth-order valence-electron chi connectivity index (χ4n) is 1.42. The molecule has 0 spiro atoms. The van der Waals surface area contributed by atoms with Crippen molar-refractivity contribution in [2.75, 3.05) is 7.11 Å². The first-order valence-electron chi connectivity index (χ1n) is 5.61. The highest BCUT2D eigenvalue weighted by molar-refractivity contribution is 5.74. The lowest BCUT2D eigenvalue weighted by molar-refractivity contribution is -0.147. The van der Waals surface area contributed by atoms with E-state index in [0.717, 1.165) is 5.56 Å². The summed E-state index contributed by atoms with van der Waals surface area (Å²) in [5.41, 5.74) is 0.838. The Morgan fingerprint density at radius 3 is 2.41 bits per heavy atom. The lowest BCUT2D eigenvalue weighted by Crippen LogP contribution is -2.24. The zero-order valence-electron chi connectivity index (χ0n) is 10.3. The number of aliphatic hydroxyl groups is 1. The number of carbonyl (C=O) groups excluding carboxylic acids is 1. The van der Waals surface area contributed by atoms with Crippen molar-refractivity contribution in [2.24, 2.45) is 0 Å². The molecule has 0 aliphatic heterocycles. The maximum absolute atomic E-state index is 11.2. The molecule has 94 valence electrons. The third-order valence-electron chi connectivity index (χ3n) is 2.50. The molecule has 4 heteroatoms. The molecule has 1 aromatic carbocycles. The van der Waals surface area contributed by atoms with Gasteiger partial charge in [-0.15, -0.1) is 0 Å². The van der Waals surface area contributed by atoms with Gasteiger partial charge >= 0.3 is 5.97 Å². The number of methoxy groups -OCH3 is 1. The van der Waals surface area contributed by atoms with Crippen LogP contribution in [0.5, 0.6) is 5.75 Å². The smallest absolute Gasteiger partial charge is 0.346 e. The summed E-state index contributed by atoms with van der Waals surface area (Å²) >= 11 is 0. The van der Waals surface area contributed by atoms with Crippen LogP contribution in [0.3, 0.4) is 0 Å². The minimum Gasteiger partial charge on any atom is -0.479 e. The van der Waals surface area contributed by atoms with E-state index in [0.29, 0.717) is 12.2 Å². The topological polar surface area (TPSA) is 55.8 Å². The molecule has 0 radical (unpaired) electrons. The maximum Gasteiger partial charge on any atom is 0.346 e. The van der Waals surface area contributed by atoms with Gasteiger partial charge in [0.1, 0.15) is 5.75 Å². The minimum absolute atomic E-state index is 0.414. The number of ether oxygens (including phenoxy) is 2. The quantitative estimate of drug-likeness (QED) is 0.798. The zero-order chi connectivity index (χ0) is 12.8. The Balaban J connectivity index is 2.65. The van der Waals surface area contributed by atoms with Crippen LogP contribution >= 0.6 is 0 Å². The van der Waals surface area contributed by atoms with Crippen molar-refractivity contribution in [3.05, 3.63) is 29.8 Å². The van der Waals surface area contributed by atoms with Crippen molar-refractivity contribution in [1.82, 2.24) is 0 Å². The second-order valence-corrected chi connectivity index (χ2v) is 3.78. The van der Waals surface area contributed by atoms with E-state index >= 15 is 0 Å². The maximum atomic E-state index is 11.2. The van der Waals surface area contributed by atoms with Crippen molar-refractivity contribution in [2.45, 2.75) is 32.5 Å². The van der Waals surface area contributed by atoms with E-state index in [-0.39, 0.29) is 0 Å². The number of benzene rings is 1. The second-order valence-electron chi connectivity index (χ2n) is 3.78. The molecule has 1 N–H and O–H groups in total. The normalized spacial score (nSPS) is 13.9. The molecular weight excluding hydrogens is 220 g/mol. The first-order valence-corrected chi connectivity index (χ1v) is 5.61. The largest absolute Gasteiger partial charge is 0.479 e. The number of aliphatic hydroxyl groups excluding tert-OH is 1. The van der Waals surface area contributed by atoms with E-state index in [4.69, 9.17) is 4.74 Å². The molecule has 1 aromatic rings. The van der Waals surface area contributed by atoms with Crippen molar-refractivity contribution in [3.63, 3.8) is 0 Å². The van der Waals surface area contributed by atoms with Gasteiger partial charge < -0.3 is 14.6 Å². The second kappa shape index (κ2) is 6.25. The lowest BCUT2D eigenvalue weighted by atomic mass is 10.1. The van der Waals surface area contributed by atoms with E-state index in [1.54, 1.807) is 31.2 Å². The van der Waals surface area contributed by atoms with E-state index in [2.05, 4.69) is 4.74 Å². The van der Waals surface area contributed by atoms with Crippen LogP contribution in [0, 0.1) is 0 Å². The van der Waals surface area contributed by atoms with Crippen LogP contribution in [-0.2, 0) is 9.53 Å². The molecule has 0 saturated heterocycles. The Hall–Kier alpha value is -1.55. The molecule has 0 aliphatic rings. The summed E-state index contributed by atoms with van der Waals surface area (Å²) in [4.78, 5) is 11.2. The predicted molar refractivity (Wildman–Crippen MR) is 63.8 cm³/mol. The Kier molecular flexibility index (Phi) is 4.97. The van der Waals surface area contributed by atoms with Crippen LogP contribution in [0.4, 0.5) is 0 Å². The molecule has 0 amide bonds. The lowest BCUT2D eigenvalue weighted by Gasteiger charge is -2.13. The summed E-state index contributed by atoms with van der Waals surface area (Å²) in [5, 5.41) is 9.61. The highest BCUT2D eigenvalue weighted by Gasteiger charge is 2.14. The van der Waals surface area contributed by atoms with Crippen LogP contribution in [-0.4, -0.2) is 24.3 Å². The van der Waals surface area contributed by atoms with Gasteiger partial charge in [0.2, 0.25) is 0 Å². The van der Waals surface area contributed by atoms with Gasteiger partial charge in [0.05, 0.1) is 13.2 Å². The van der Waals surface area contributed by atoms with E-state index < -0.39 is 18.2 Å². The van der Waals surface area contributed by atoms with Crippen molar-refractivity contribution < 1.29 is 19.4 Å². The highest BCUT2D eigenvalue weighted by atomic mass is 16.6. The first kappa shape index (κ1) is 13.5. The predicted octanol–water partition coefficient (Wildman–Crippen LogP) is 2.07. The van der Waals surface area contributed by atoms with Gasteiger partial charge in [0.25, 0.3) is 0 Å². The van der Waals surface area contributed by atoms with Crippen LogP contribution in [0.1, 0.15) is 31.9 Å². The molecular formula is C13H18O4. The number of carbonyl (C=O) groups is 1. The minimum atomic E-state index is -0.637. The summed E-state index contributed by atoms with van der Waals surface area (Å²) in [6.07, 6.45) is -0.428. The molecule has 0 heterocycles. The van der Waals surface area contributed by atoms with Crippen molar-refractivity contribution in [3.8, 4) is 5.75 Å². The number of hydrogen-bond acceptors (Lipinski definition) is 4. The Morgan fingerprint density at radius 1 is 1.35 bits per heavy atom. The van der Waals surface area contributed by atoms with E-state index in [1.807, 2.05) is 6.92 Å². The SMILES string of the molecule is CC[C@@H](O)c1ccc(OC(C)C(=O)OC)cc1. The van der Waals surface area contributed by atoms with Gasteiger partial charge in [-0.05, 0) is 31.0 Å². The summed E-state index contributed by atoms with van der Waals surface area (Å²) in [7, 11) is 1.32. The highest BCUT2D eigenvalue weighted by Crippen LogP contribution is 2.20. The molecule has 0 aromatic heterocycles. The van der Waals surface area contributed by atoms with Gasteiger partial charge in [-0.2, -0.15) is 0 Å². The standard InChI is InChI=1S/C13H18O4/c1-4-12(14)10-5-7-11(8-6-10)17-9(2)13(15)16-3/h5-9,12,14H,4H2,1-3H3/t9?,12-/m1/s1. The number of hydrogen-bond donors (Lipinski definition) is 1. The molecule has 1 rings (SSSR count). The summed E-state index contributed by atoms with van der Waals surface area (Å²) in [6, 6.07) is 7.03. The first-order chi connectivity index (χ1) is 8.08. The molecule has 2 atom stereocenters. The Morgan fingerprint density at radius 2 is 1.94 bits per heavy atom. The van der Waals surface area contributed by atoms with Crippen LogP contribution in [0.15, 0.2) is 24.3 Å². The van der Waals surface area contributed by atoms with Crippen molar-refractivity contribution >= 4 is 5.97 Å². The van der Waals surface area contributed by atoms with Gasteiger partial charge in [0.15, 0.2) is 6.10 Å². The van der Waals surface area contributed by atoms with Crippen molar-refractivity contribution in [1.29, 1.82) is 0 Å². The van der Waals surface area contributed by atoms with Crippen LogP contribution in [0.2, 0.25) is 0 Å². The molecule has 0 saturated carbocycles. The third kappa shape index (κ3) is 3.75. The molecule has 0 fully saturated rings. The number of rotatable bonds is 5. The Bertz CT molecular complexity index is 358. The van der Waals surface area contributed by atoms with Crippen LogP contribution < -0.4 is 4.74 Å². The molecule has 17 heavy (non-hydrogen) atoms. The van der Waals surface area contributed by atoms with Gasteiger partial charge in [0, 0.05) is 0 Å². The third-order valence-corrected chi connectivity index (χ3v) is 2.50. The van der Waals surface area contributed by atoms with Gasteiger partial charge in [-0.1, -0.05) is 19.1 Å². The van der Waals surface area contributed by atoms with Gasteiger partial charge in [-0.25, -0.2) is 4.79 Å². The van der Waals surface area contributed by atoms with Crippen LogP contribution in [0.25, 0.3) is 0 Å². The average molecular weight is 238 g/mol.